The van der Waals surface area contributed by atoms with E-state index >= 15 is 0 Å². The molecule has 2 aliphatic rings. The van der Waals surface area contributed by atoms with Crippen LogP contribution in [0.25, 0.3) is 0 Å². The largest absolute Gasteiger partial charge is 0.369 e. The minimum absolute atomic E-state index is 0.0765. The molecule has 0 aromatic heterocycles. The first-order valence-electron chi connectivity index (χ1n) is 9.19. The molecular formula is C20H24ClN5O2. The molecule has 148 valence electrons. The van der Waals surface area contributed by atoms with Gasteiger partial charge in [0.2, 0.25) is 5.91 Å². The molecule has 0 aliphatic carbocycles. The lowest BCUT2D eigenvalue weighted by atomic mass is 9.81. The summed E-state index contributed by atoms with van der Waals surface area (Å²) in [5.41, 5.74) is 6.72. The van der Waals surface area contributed by atoms with Gasteiger partial charge in [-0.25, -0.2) is 9.79 Å². The van der Waals surface area contributed by atoms with E-state index in [-0.39, 0.29) is 24.3 Å². The van der Waals surface area contributed by atoms with Crippen molar-refractivity contribution in [2.24, 2.45) is 10.7 Å². The Morgan fingerprint density at radius 2 is 2.21 bits per heavy atom. The maximum Gasteiger partial charge on any atom is 0.327 e. The van der Waals surface area contributed by atoms with Gasteiger partial charge in [-0.3, -0.25) is 14.6 Å². The zero-order chi connectivity index (χ0) is 20.3. The lowest BCUT2D eigenvalue weighted by molar-refractivity contribution is -0.128. The van der Waals surface area contributed by atoms with E-state index in [0.29, 0.717) is 23.8 Å². The maximum atomic E-state index is 12.6. The Morgan fingerprint density at radius 3 is 2.89 bits per heavy atom. The summed E-state index contributed by atoms with van der Waals surface area (Å²) in [6.07, 6.45) is 7.07. The minimum atomic E-state index is -0.728. The van der Waals surface area contributed by atoms with Crippen LogP contribution in [0, 0.1) is 0 Å². The zero-order valence-corrected chi connectivity index (χ0v) is 16.7. The summed E-state index contributed by atoms with van der Waals surface area (Å²) in [5, 5.41) is 3.22. The number of allylic oxidation sites excluding steroid dienone is 2. The van der Waals surface area contributed by atoms with Gasteiger partial charge in [-0.2, -0.15) is 0 Å². The summed E-state index contributed by atoms with van der Waals surface area (Å²) < 4.78 is 0. The van der Waals surface area contributed by atoms with Crippen LogP contribution in [-0.2, 0) is 10.3 Å². The van der Waals surface area contributed by atoms with Crippen LogP contribution in [0.3, 0.4) is 0 Å². The summed E-state index contributed by atoms with van der Waals surface area (Å²) in [4.78, 5) is 32.5. The molecule has 2 heterocycles. The molecule has 8 heteroatoms. The number of carbonyl (C=O) groups excluding carboxylic acids is 2. The Balaban J connectivity index is 1.89. The Labute approximate surface area is 169 Å². The molecule has 3 rings (SSSR count). The van der Waals surface area contributed by atoms with Gasteiger partial charge in [0.1, 0.15) is 5.16 Å². The van der Waals surface area contributed by atoms with Crippen molar-refractivity contribution in [2.45, 2.75) is 31.7 Å². The SMILES string of the molecule is CCC[C@@]1(c2cccc(NC(=O)N3CC=CC=C3Cl)c2)CC(=O)N(C)C(N)=N1. The minimum Gasteiger partial charge on any atom is -0.369 e. The first-order valence-corrected chi connectivity index (χ1v) is 9.57. The van der Waals surface area contributed by atoms with E-state index in [1.165, 1.54) is 9.80 Å². The third-order valence-corrected chi connectivity index (χ3v) is 5.30. The lowest BCUT2D eigenvalue weighted by Gasteiger charge is -2.36. The van der Waals surface area contributed by atoms with E-state index in [4.69, 9.17) is 17.3 Å². The monoisotopic (exact) mass is 401 g/mol. The number of anilines is 1. The number of urea groups is 1. The summed E-state index contributed by atoms with van der Waals surface area (Å²) in [5.74, 6) is 0.128. The van der Waals surface area contributed by atoms with Crippen molar-refractivity contribution in [3.8, 4) is 0 Å². The van der Waals surface area contributed by atoms with Gasteiger partial charge in [-0.05, 0) is 30.2 Å². The number of amides is 3. The second kappa shape index (κ2) is 8.06. The van der Waals surface area contributed by atoms with Crippen LogP contribution < -0.4 is 11.1 Å². The molecule has 0 bridgehead atoms. The van der Waals surface area contributed by atoms with Crippen molar-refractivity contribution in [1.82, 2.24) is 9.80 Å². The summed E-state index contributed by atoms with van der Waals surface area (Å²) >= 11 is 6.11. The highest BCUT2D eigenvalue weighted by atomic mass is 35.5. The molecule has 0 saturated carbocycles. The number of carbonyl (C=O) groups is 2. The number of nitrogens with one attached hydrogen (secondary N) is 1. The van der Waals surface area contributed by atoms with E-state index in [2.05, 4.69) is 10.3 Å². The van der Waals surface area contributed by atoms with E-state index in [0.717, 1.165) is 12.0 Å². The molecule has 2 aliphatic heterocycles. The summed E-state index contributed by atoms with van der Waals surface area (Å²) in [7, 11) is 1.62. The van der Waals surface area contributed by atoms with Crippen molar-refractivity contribution in [3.05, 3.63) is 53.2 Å². The fourth-order valence-corrected chi connectivity index (χ4v) is 3.67. The predicted molar refractivity (Wildman–Crippen MR) is 111 cm³/mol. The van der Waals surface area contributed by atoms with Gasteiger partial charge in [0.05, 0.1) is 12.0 Å². The van der Waals surface area contributed by atoms with Crippen LogP contribution in [-0.4, -0.2) is 41.3 Å². The molecule has 1 aromatic rings. The van der Waals surface area contributed by atoms with Gasteiger partial charge in [-0.15, -0.1) is 0 Å². The number of aliphatic imine (C=N–C) groups is 1. The summed E-state index contributed by atoms with van der Waals surface area (Å²) in [6, 6.07) is 7.07. The number of rotatable bonds is 4. The first-order chi connectivity index (χ1) is 13.4. The lowest BCUT2D eigenvalue weighted by Crippen LogP contribution is -2.48. The van der Waals surface area contributed by atoms with Gasteiger partial charge in [0.25, 0.3) is 0 Å². The molecule has 1 atom stereocenters. The Kier molecular flexibility index (Phi) is 5.74. The zero-order valence-electron chi connectivity index (χ0n) is 16.0. The summed E-state index contributed by atoms with van der Waals surface area (Å²) in [6.45, 7) is 2.45. The highest BCUT2D eigenvalue weighted by Gasteiger charge is 2.39. The van der Waals surface area contributed by atoms with E-state index < -0.39 is 5.54 Å². The Morgan fingerprint density at radius 1 is 1.43 bits per heavy atom. The number of guanidine groups is 1. The van der Waals surface area contributed by atoms with Crippen LogP contribution in [0.5, 0.6) is 0 Å². The molecular weight excluding hydrogens is 378 g/mol. The average Bonchev–Trinajstić information content (AvgIpc) is 2.67. The van der Waals surface area contributed by atoms with Crippen LogP contribution in [0.2, 0.25) is 0 Å². The number of benzene rings is 1. The molecule has 3 N–H and O–H groups in total. The molecule has 0 radical (unpaired) electrons. The van der Waals surface area contributed by atoms with Crippen LogP contribution >= 0.6 is 11.6 Å². The van der Waals surface area contributed by atoms with Crippen LogP contribution in [0.15, 0.2) is 52.6 Å². The van der Waals surface area contributed by atoms with Crippen LogP contribution in [0.4, 0.5) is 10.5 Å². The molecule has 0 spiro atoms. The van der Waals surface area contributed by atoms with Gasteiger partial charge < -0.3 is 11.1 Å². The molecule has 0 fully saturated rings. The third-order valence-electron chi connectivity index (χ3n) is 4.97. The molecule has 0 unspecified atom stereocenters. The highest BCUT2D eigenvalue weighted by Crippen LogP contribution is 2.38. The van der Waals surface area contributed by atoms with Crippen molar-refractivity contribution in [2.75, 3.05) is 18.9 Å². The predicted octanol–water partition coefficient (Wildman–Crippen LogP) is 3.34. The average molecular weight is 402 g/mol. The highest BCUT2D eigenvalue weighted by molar-refractivity contribution is 6.30. The second-order valence-electron chi connectivity index (χ2n) is 6.92. The van der Waals surface area contributed by atoms with E-state index in [1.54, 1.807) is 25.3 Å². The van der Waals surface area contributed by atoms with Crippen molar-refractivity contribution < 1.29 is 9.59 Å². The maximum absolute atomic E-state index is 12.6. The molecule has 7 nitrogen and oxygen atoms in total. The van der Waals surface area contributed by atoms with Gasteiger partial charge >= 0.3 is 6.03 Å². The normalized spacial score (nSPS) is 22.0. The van der Waals surface area contributed by atoms with Crippen molar-refractivity contribution in [1.29, 1.82) is 0 Å². The van der Waals surface area contributed by atoms with E-state index in [9.17, 15) is 9.59 Å². The van der Waals surface area contributed by atoms with Crippen molar-refractivity contribution >= 4 is 35.2 Å². The molecule has 28 heavy (non-hydrogen) atoms. The molecule has 3 amide bonds. The van der Waals surface area contributed by atoms with Gasteiger partial charge in [0, 0.05) is 19.3 Å². The number of nitrogens with zero attached hydrogens (tertiary/aromatic N) is 3. The van der Waals surface area contributed by atoms with Gasteiger partial charge in [-0.1, -0.05) is 49.2 Å². The molecule has 1 aromatic carbocycles. The van der Waals surface area contributed by atoms with Gasteiger partial charge in [0.15, 0.2) is 5.96 Å². The number of hydrogen-bond donors (Lipinski definition) is 2. The Bertz CT molecular complexity index is 879. The molecule has 0 saturated heterocycles. The first kappa shape index (κ1) is 19.9. The smallest absolute Gasteiger partial charge is 0.327 e. The number of hydrogen-bond acceptors (Lipinski definition) is 4. The number of halogens is 1. The fraction of sp³-hybridized carbons (Fsp3) is 0.350. The topological polar surface area (TPSA) is 91.0 Å². The Hall–Kier alpha value is -2.80. The van der Waals surface area contributed by atoms with Crippen molar-refractivity contribution in [3.63, 3.8) is 0 Å². The standard InChI is InChI=1S/C20H24ClN5O2/c1-3-10-20(13-17(27)25(2)18(22)24-20)14-7-6-8-15(12-14)23-19(28)26-11-5-4-9-16(26)21/h4-9,12H,3,10-11,13H2,1-2H3,(H2,22,24)(H,23,28)/t20-/m0/s1. The quantitative estimate of drug-likeness (QED) is 0.758. The second-order valence-corrected chi connectivity index (χ2v) is 7.31. The third kappa shape index (κ3) is 3.89. The number of nitrogens with two attached hydrogens (primary N) is 1. The van der Waals surface area contributed by atoms with Crippen LogP contribution in [0.1, 0.15) is 31.7 Å². The van der Waals surface area contributed by atoms with E-state index in [1.807, 2.05) is 31.2 Å². The fourth-order valence-electron chi connectivity index (χ4n) is 3.45.